The summed E-state index contributed by atoms with van der Waals surface area (Å²) in [5.41, 5.74) is 3.57. The van der Waals surface area contributed by atoms with Crippen LogP contribution in [-0.2, 0) is 11.2 Å². The van der Waals surface area contributed by atoms with Crippen LogP contribution in [0.1, 0.15) is 47.3 Å². The molecular formula is C21H23ClN2O3S. The van der Waals surface area contributed by atoms with Gasteiger partial charge in [0.2, 0.25) is 0 Å². The fourth-order valence-electron chi connectivity index (χ4n) is 3.36. The molecule has 148 valence electrons. The maximum atomic E-state index is 11.9. The van der Waals surface area contributed by atoms with Crippen molar-refractivity contribution in [1.82, 2.24) is 5.32 Å². The predicted molar refractivity (Wildman–Crippen MR) is 115 cm³/mol. The van der Waals surface area contributed by atoms with Crippen molar-refractivity contribution >= 4 is 40.6 Å². The highest BCUT2D eigenvalue weighted by atomic mass is 35.5. The average Bonchev–Trinajstić information content (AvgIpc) is 2.68. The fraction of sp³-hybridized carbons (Fsp3) is 0.333. The zero-order chi connectivity index (χ0) is 20.1. The zero-order valence-electron chi connectivity index (χ0n) is 15.9. The van der Waals surface area contributed by atoms with Crippen LogP contribution in [0.15, 0.2) is 36.4 Å². The highest BCUT2D eigenvalue weighted by Crippen LogP contribution is 2.32. The van der Waals surface area contributed by atoms with Crippen molar-refractivity contribution in [3.63, 3.8) is 0 Å². The monoisotopic (exact) mass is 418 g/mol. The van der Waals surface area contributed by atoms with Crippen molar-refractivity contribution < 1.29 is 14.3 Å². The van der Waals surface area contributed by atoms with Crippen molar-refractivity contribution in [3.05, 3.63) is 58.1 Å². The zero-order valence-corrected chi connectivity index (χ0v) is 17.5. The number of methoxy groups -OCH3 is 1. The van der Waals surface area contributed by atoms with Gasteiger partial charge < -0.3 is 20.1 Å². The van der Waals surface area contributed by atoms with E-state index in [0.717, 1.165) is 25.0 Å². The summed E-state index contributed by atoms with van der Waals surface area (Å²) in [7, 11) is 1.68. The number of thiocarbonyl (C=S) groups is 1. The Morgan fingerprint density at radius 2 is 2.11 bits per heavy atom. The smallest absolute Gasteiger partial charge is 0.339 e. The van der Waals surface area contributed by atoms with Gasteiger partial charge in [0.25, 0.3) is 0 Å². The molecule has 0 unspecified atom stereocenters. The standard InChI is InChI=1S/C21H23ClN2O3S/c1-3-27-20(25)17-9-7-14(12-18(17)22)23-21(28)24-19-6-4-5-13-11-15(26-2)8-10-16(13)19/h7-12,19H,3-6H2,1-2H3,(H2,23,24,28)/t19-/m1/s1. The fourth-order valence-corrected chi connectivity index (χ4v) is 3.88. The van der Waals surface area contributed by atoms with Gasteiger partial charge in [-0.05, 0) is 79.9 Å². The van der Waals surface area contributed by atoms with Crippen LogP contribution in [0.5, 0.6) is 5.75 Å². The van der Waals surface area contributed by atoms with E-state index in [9.17, 15) is 4.79 Å². The molecule has 7 heteroatoms. The van der Waals surface area contributed by atoms with Gasteiger partial charge in [-0.2, -0.15) is 0 Å². The molecule has 0 saturated heterocycles. The Morgan fingerprint density at radius 1 is 1.29 bits per heavy atom. The molecule has 5 nitrogen and oxygen atoms in total. The third kappa shape index (κ3) is 4.75. The minimum atomic E-state index is -0.436. The summed E-state index contributed by atoms with van der Waals surface area (Å²) in [6.45, 7) is 2.06. The molecule has 2 N–H and O–H groups in total. The molecule has 2 aromatic carbocycles. The Labute approximate surface area is 175 Å². The quantitative estimate of drug-likeness (QED) is 0.532. The molecular weight excluding hydrogens is 396 g/mol. The summed E-state index contributed by atoms with van der Waals surface area (Å²) in [5.74, 6) is 0.436. The van der Waals surface area contributed by atoms with Crippen molar-refractivity contribution in [1.29, 1.82) is 0 Å². The maximum absolute atomic E-state index is 11.9. The van der Waals surface area contributed by atoms with E-state index in [2.05, 4.69) is 22.8 Å². The molecule has 0 saturated carbocycles. The third-order valence-electron chi connectivity index (χ3n) is 4.69. The van der Waals surface area contributed by atoms with Crippen LogP contribution in [0.3, 0.4) is 0 Å². The molecule has 3 rings (SSSR count). The van der Waals surface area contributed by atoms with Gasteiger partial charge in [0, 0.05) is 5.69 Å². The Bertz CT molecular complexity index is 888. The number of fused-ring (bicyclic) bond motifs is 1. The first-order chi connectivity index (χ1) is 13.5. The lowest BCUT2D eigenvalue weighted by molar-refractivity contribution is 0.0526. The van der Waals surface area contributed by atoms with Crippen LogP contribution >= 0.6 is 23.8 Å². The van der Waals surface area contributed by atoms with E-state index >= 15 is 0 Å². The maximum Gasteiger partial charge on any atom is 0.339 e. The second-order valence-corrected chi connectivity index (χ2v) is 7.34. The number of halogens is 1. The van der Waals surface area contributed by atoms with Gasteiger partial charge in [-0.1, -0.05) is 17.7 Å². The van der Waals surface area contributed by atoms with Gasteiger partial charge in [0.15, 0.2) is 5.11 Å². The Hall–Kier alpha value is -2.31. The van der Waals surface area contributed by atoms with Crippen LogP contribution in [0.4, 0.5) is 5.69 Å². The lowest BCUT2D eigenvalue weighted by atomic mass is 9.87. The first-order valence-corrected chi connectivity index (χ1v) is 10.0. The van der Waals surface area contributed by atoms with Crippen LogP contribution < -0.4 is 15.4 Å². The number of anilines is 1. The predicted octanol–water partition coefficient (Wildman–Crippen LogP) is 4.89. The van der Waals surface area contributed by atoms with Crippen LogP contribution in [-0.4, -0.2) is 24.8 Å². The highest BCUT2D eigenvalue weighted by molar-refractivity contribution is 7.80. The first-order valence-electron chi connectivity index (χ1n) is 9.22. The van der Waals surface area contributed by atoms with E-state index in [1.807, 2.05) is 6.07 Å². The summed E-state index contributed by atoms with van der Waals surface area (Å²) in [6, 6.07) is 11.4. The van der Waals surface area contributed by atoms with Crippen molar-refractivity contribution in [2.45, 2.75) is 32.2 Å². The second-order valence-electron chi connectivity index (χ2n) is 6.52. The van der Waals surface area contributed by atoms with E-state index in [1.165, 1.54) is 11.1 Å². The SMILES string of the molecule is CCOC(=O)c1ccc(NC(=S)N[C@@H]2CCCc3cc(OC)ccc32)cc1Cl. The molecule has 0 heterocycles. The number of hydrogen-bond donors (Lipinski definition) is 2. The second kappa shape index (κ2) is 9.26. The number of nitrogens with one attached hydrogen (secondary N) is 2. The van der Waals surface area contributed by atoms with Gasteiger partial charge in [-0.3, -0.25) is 0 Å². The van der Waals surface area contributed by atoms with E-state index in [4.69, 9.17) is 33.3 Å². The number of carbonyl (C=O) groups excluding carboxylic acids is 1. The molecule has 0 amide bonds. The van der Waals surface area contributed by atoms with Crippen molar-refractivity contribution in [3.8, 4) is 5.75 Å². The summed E-state index contributed by atoms with van der Waals surface area (Å²) in [5, 5.41) is 7.35. The van der Waals surface area contributed by atoms with Crippen LogP contribution in [0, 0.1) is 0 Å². The van der Waals surface area contributed by atoms with E-state index in [1.54, 1.807) is 32.2 Å². The Kier molecular flexibility index (Phi) is 6.75. The molecule has 28 heavy (non-hydrogen) atoms. The van der Waals surface area contributed by atoms with Crippen molar-refractivity contribution in [2.75, 3.05) is 19.0 Å². The summed E-state index contributed by atoms with van der Waals surface area (Å²) >= 11 is 11.7. The normalized spacial score (nSPS) is 15.3. The highest BCUT2D eigenvalue weighted by Gasteiger charge is 2.21. The molecule has 0 spiro atoms. The van der Waals surface area contributed by atoms with Gasteiger partial charge >= 0.3 is 5.97 Å². The van der Waals surface area contributed by atoms with Gasteiger partial charge in [-0.15, -0.1) is 0 Å². The van der Waals surface area contributed by atoms with Crippen LogP contribution in [0.25, 0.3) is 0 Å². The van der Waals surface area contributed by atoms with Gasteiger partial charge in [0.05, 0.1) is 30.3 Å². The largest absolute Gasteiger partial charge is 0.497 e. The Balaban J connectivity index is 1.67. The summed E-state index contributed by atoms with van der Waals surface area (Å²) in [4.78, 5) is 11.9. The first kappa shape index (κ1) is 20.4. The molecule has 0 radical (unpaired) electrons. The number of ether oxygens (including phenoxy) is 2. The number of rotatable bonds is 5. The molecule has 0 aliphatic heterocycles. The Morgan fingerprint density at radius 3 is 2.82 bits per heavy atom. The molecule has 0 aromatic heterocycles. The summed E-state index contributed by atoms with van der Waals surface area (Å²) < 4.78 is 10.3. The molecule has 0 bridgehead atoms. The van der Waals surface area contributed by atoms with Crippen LogP contribution in [0.2, 0.25) is 5.02 Å². The number of aryl methyl sites for hydroxylation is 1. The van der Waals surface area contributed by atoms with Gasteiger partial charge in [-0.25, -0.2) is 4.79 Å². The lowest BCUT2D eigenvalue weighted by Crippen LogP contribution is -2.34. The topological polar surface area (TPSA) is 59.6 Å². The third-order valence-corrected chi connectivity index (χ3v) is 5.22. The molecule has 0 fully saturated rings. The average molecular weight is 419 g/mol. The number of esters is 1. The summed E-state index contributed by atoms with van der Waals surface area (Å²) in [6.07, 6.45) is 3.13. The van der Waals surface area contributed by atoms with Crippen molar-refractivity contribution in [2.24, 2.45) is 0 Å². The number of benzene rings is 2. The van der Waals surface area contributed by atoms with Gasteiger partial charge in [0.1, 0.15) is 5.75 Å². The van der Waals surface area contributed by atoms with E-state index < -0.39 is 5.97 Å². The number of carbonyl (C=O) groups is 1. The van der Waals surface area contributed by atoms with E-state index in [-0.39, 0.29) is 6.04 Å². The minimum absolute atomic E-state index is 0.143. The number of hydrogen-bond acceptors (Lipinski definition) is 4. The molecule has 1 aliphatic rings. The molecule has 1 aliphatic carbocycles. The minimum Gasteiger partial charge on any atom is -0.497 e. The molecule has 2 aromatic rings. The van der Waals surface area contributed by atoms with E-state index in [0.29, 0.717) is 28.0 Å². The lowest BCUT2D eigenvalue weighted by Gasteiger charge is -2.28. The molecule has 1 atom stereocenters.